The summed E-state index contributed by atoms with van der Waals surface area (Å²) in [5, 5.41) is 1.54. The molecule has 0 amide bonds. The minimum absolute atomic E-state index is 0.216. The summed E-state index contributed by atoms with van der Waals surface area (Å²) in [6.45, 7) is 20.7. The Morgan fingerprint density at radius 1 is 1.27 bits per heavy atom. The second kappa shape index (κ2) is 8.25. The molecule has 144 valence electrons. The Kier molecular flexibility index (Phi) is 6.71. The van der Waals surface area contributed by atoms with E-state index in [2.05, 4.69) is 72.3 Å². The van der Waals surface area contributed by atoms with Gasteiger partial charge in [0.05, 0.1) is 13.8 Å². The van der Waals surface area contributed by atoms with E-state index in [4.69, 9.17) is 4.98 Å². The Balaban J connectivity index is 2.35. The van der Waals surface area contributed by atoms with Gasteiger partial charge in [0.1, 0.15) is 0 Å². The molecular formula is C24H39NSi. The summed E-state index contributed by atoms with van der Waals surface area (Å²) in [7, 11) is -1.38. The van der Waals surface area contributed by atoms with Crippen LogP contribution in [0.4, 0.5) is 0 Å². The van der Waals surface area contributed by atoms with Gasteiger partial charge in [-0.15, -0.1) is 0 Å². The van der Waals surface area contributed by atoms with Gasteiger partial charge in [0.15, 0.2) is 0 Å². The van der Waals surface area contributed by atoms with E-state index in [0.29, 0.717) is 0 Å². The summed E-state index contributed by atoms with van der Waals surface area (Å²) in [6.07, 6.45) is 12.4. The summed E-state index contributed by atoms with van der Waals surface area (Å²) in [6, 6.07) is 2.36. The van der Waals surface area contributed by atoms with Gasteiger partial charge in [0, 0.05) is 6.20 Å². The number of pyridine rings is 1. The lowest BCUT2D eigenvalue weighted by Gasteiger charge is -2.25. The Morgan fingerprint density at radius 2 is 1.88 bits per heavy atom. The molecule has 1 heterocycles. The van der Waals surface area contributed by atoms with Crippen molar-refractivity contribution in [3.05, 3.63) is 41.7 Å². The maximum Gasteiger partial charge on any atom is 0.0799 e. The van der Waals surface area contributed by atoms with Crippen LogP contribution in [-0.2, 0) is 6.42 Å². The van der Waals surface area contributed by atoms with Crippen LogP contribution >= 0.6 is 0 Å². The molecule has 1 aromatic rings. The van der Waals surface area contributed by atoms with Gasteiger partial charge in [0.25, 0.3) is 0 Å². The van der Waals surface area contributed by atoms with E-state index in [-0.39, 0.29) is 5.41 Å². The molecule has 0 spiro atoms. The lowest BCUT2D eigenvalue weighted by Crippen LogP contribution is -2.41. The molecule has 2 rings (SSSR count). The van der Waals surface area contributed by atoms with Crippen LogP contribution < -0.4 is 5.19 Å². The monoisotopic (exact) mass is 369 g/mol. The van der Waals surface area contributed by atoms with Crippen molar-refractivity contribution in [2.45, 2.75) is 85.9 Å². The van der Waals surface area contributed by atoms with Gasteiger partial charge < -0.3 is 0 Å². The topological polar surface area (TPSA) is 12.9 Å². The van der Waals surface area contributed by atoms with Crippen LogP contribution in [0.1, 0.15) is 71.1 Å². The third-order valence-electron chi connectivity index (χ3n) is 6.45. The van der Waals surface area contributed by atoms with E-state index >= 15 is 0 Å². The van der Waals surface area contributed by atoms with Crippen LogP contribution in [0.2, 0.25) is 19.6 Å². The van der Waals surface area contributed by atoms with Crippen molar-refractivity contribution >= 4 is 18.8 Å². The number of nitrogens with zero attached hydrogens (tertiary/aromatic N) is 1. The van der Waals surface area contributed by atoms with Crippen LogP contribution in [0.5, 0.6) is 0 Å². The summed E-state index contributed by atoms with van der Waals surface area (Å²) < 4.78 is 0. The van der Waals surface area contributed by atoms with Gasteiger partial charge in [-0.3, -0.25) is 4.98 Å². The highest BCUT2D eigenvalue weighted by molar-refractivity contribution is 6.89. The molecule has 1 fully saturated rings. The van der Waals surface area contributed by atoms with Crippen molar-refractivity contribution in [1.29, 1.82) is 0 Å². The molecule has 0 saturated heterocycles. The number of hydrogen-bond donors (Lipinski definition) is 0. The average Bonchev–Trinajstić information content (AvgIpc) is 3.06. The first-order chi connectivity index (χ1) is 12.0. The Labute approximate surface area is 163 Å². The zero-order valence-electron chi connectivity index (χ0n) is 18.2. The fourth-order valence-corrected chi connectivity index (χ4v) is 5.44. The highest BCUT2D eigenvalue weighted by Crippen LogP contribution is 2.32. The molecule has 1 aliphatic carbocycles. The molecule has 1 nitrogen and oxygen atoms in total. The van der Waals surface area contributed by atoms with Gasteiger partial charge >= 0.3 is 0 Å². The van der Waals surface area contributed by atoms with Crippen molar-refractivity contribution in [2.75, 3.05) is 0 Å². The van der Waals surface area contributed by atoms with Crippen molar-refractivity contribution in [3.8, 4) is 0 Å². The lowest BCUT2D eigenvalue weighted by molar-refractivity contribution is 0.430. The molecule has 26 heavy (non-hydrogen) atoms. The fraction of sp³-hybridized carbons (Fsp3) is 0.625. The van der Waals surface area contributed by atoms with Gasteiger partial charge in [-0.25, -0.2) is 0 Å². The van der Waals surface area contributed by atoms with Crippen molar-refractivity contribution < 1.29 is 0 Å². The van der Waals surface area contributed by atoms with E-state index in [0.717, 1.165) is 23.6 Å². The minimum Gasteiger partial charge on any atom is -0.256 e. The lowest BCUT2D eigenvalue weighted by atomic mass is 9.81. The second-order valence-corrected chi connectivity index (χ2v) is 15.0. The number of hydrogen-bond acceptors (Lipinski definition) is 1. The summed E-state index contributed by atoms with van der Waals surface area (Å²) in [5.74, 6) is 0.866. The van der Waals surface area contributed by atoms with Crippen molar-refractivity contribution in [2.24, 2.45) is 11.3 Å². The summed E-state index contributed by atoms with van der Waals surface area (Å²) in [4.78, 5) is 4.83. The van der Waals surface area contributed by atoms with E-state index in [1.54, 1.807) is 5.56 Å². The standard InChI is InChI=1S/C24H39NSi/c1-9-24(4,5)19(3)14-18(2)22-16-21(15-20-12-10-11-13-20)23(17-25-22)26(6,7)8/h14,16-17,20H,2,9-13,15H2,1,3-8H3/b19-14-. The first-order valence-corrected chi connectivity index (χ1v) is 13.9. The second-order valence-electron chi connectivity index (χ2n) is 9.92. The highest BCUT2D eigenvalue weighted by atomic mass is 28.3. The largest absolute Gasteiger partial charge is 0.256 e. The molecule has 1 aromatic heterocycles. The maximum atomic E-state index is 4.83. The molecular weight excluding hydrogens is 330 g/mol. The van der Waals surface area contributed by atoms with Gasteiger partial charge in [-0.2, -0.15) is 0 Å². The average molecular weight is 370 g/mol. The molecule has 0 radical (unpaired) electrons. The predicted octanol–water partition coefficient (Wildman–Crippen LogP) is 6.76. The molecule has 0 N–H and O–H groups in total. The van der Waals surface area contributed by atoms with E-state index in [1.165, 1.54) is 42.9 Å². The zero-order chi connectivity index (χ0) is 19.5. The number of aromatic nitrogens is 1. The fourth-order valence-electron chi connectivity index (χ4n) is 3.85. The van der Waals surface area contributed by atoms with Crippen LogP contribution in [0.25, 0.3) is 5.57 Å². The minimum atomic E-state index is -1.38. The maximum absolute atomic E-state index is 4.83. The van der Waals surface area contributed by atoms with Gasteiger partial charge in [-0.05, 0) is 53.5 Å². The quantitative estimate of drug-likeness (QED) is 0.382. The molecule has 0 atom stereocenters. The molecule has 0 aliphatic heterocycles. The third-order valence-corrected chi connectivity index (χ3v) is 8.52. The molecule has 0 aromatic carbocycles. The molecule has 0 unspecified atom stereocenters. The molecule has 1 aliphatic rings. The van der Waals surface area contributed by atoms with Crippen LogP contribution in [0.3, 0.4) is 0 Å². The van der Waals surface area contributed by atoms with E-state index in [9.17, 15) is 0 Å². The Hall–Kier alpha value is -1.15. The Bertz CT molecular complexity index is 670. The van der Waals surface area contributed by atoms with Crippen molar-refractivity contribution in [3.63, 3.8) is 0 Å². The van der Waals surface area contributed by atoms with Crippen LogP contribution in [-0.4, -0.2) is 13.1 Å². The first kappa shape index (κ1) is 21.2. The summed E-state index contributed by atoms with van der Waals surface area (Å²) in [5.41, 5.74) is 5.26. The van der Waals surface area contributed by atoms with E-state index in [1.807, 2.05) is 0 Å². The van der Waals surface area contributed by atoms with E-state index < -0.39 is 8.07 Å². The number of allylic oxidation sites excluding steroid dienone is 3. The van der Waals surface area contributed by atoms with Crippen molar-refractivity contribution in [1.82, 2.24) is 4.98 Å². The molecule has 1 saturated carbocycles. The third kappa shape index (κ3) is 5.19. The van der Waals surface area contributed by atoms with Gasteiger partial charge in [0.2, 0.25) is 0 Å². The SMILES string of the molecule is C=C(/C=C(/C)C(C)(C)CC)c1cc(CC2CCCC2)c([Si](C)(C)C)cn1. The van der Waals surface area contributed by atoms with Gasteiger partial charge in [-0.1, -0.05) is 84.3 Å². The smallest absolute Gasteiger partial charge is 0.0799 e. The normalized spacial score (nSPS) is 17.0. The molecule has 2 heteroatoms. The summed E-state index contributed by atoms with van der Waals surface area (Å²) >= 11 is 0. The first-order valence-electron chi connectivity index (χ1n) is 10.4. The Morgan fingerprint density at radius 3 is 2.42 bits per heavy atom. The zero-order valence-corrected chi connectivity index (χ0v) is 19.2. The van der Waals surface area contributed by atoms with Crippen LogP contribution in [0.15, 0.2) is 30.5 Å². The highest BCUT2D eigenvalue weighted by Gasteiger charge is 2.24. The van der Waals surface area contributed by atoms with Crippen LogP contribution in [0, 0.1) is 11.3 Å². The predicted molar refractivity (Wildman–Crippen MR) is 120 cm³/mol. The molecule has 0 bridgehead atoms. The number of rotatable bonds is 7.